The van der Waals surface area contributed by atoms with Gasteiger partial charge in [-0.15, -0.1) is 22.9 Å². The summed E-state index contributed by atoms with van der Waals surface area (Å²) in [6, 6.07) is 6.13. The lowest BCUT2D eigenvalue weighted by Gasteiger charge is -2.37. The summed E-state index contributed by atoms with van der Waals surface area (Å²) >= 11 is 8.24. The molecule has 1 N–H and O–H groups in total. The summed E-state index contributed by atoms with van der Waals surface area (Å²) in [7, 11) is 5.21. The van der Waals surface area contributed by atoms with E-state index in [1.807, 2.05) is 26.0 Å². The number of likely N-dealkylation sites (tertiary alicyclic amines) is 1. The summed E-state index contributed by atoms with van der Waals surface area (Å²) in [4.78, 5) is 38.4. The molecule has 0 aliphatic carbocycles. The molecule has 2 aromatic rings. The summed E-state index contributed by atoms with van der Waals surface area (Å²) in [6.07, 6.45) is 0.0662. The Morgan fingerprint density at radius 1 is 1.17 bits per heavy atom. The molecule has 4 heterocycles. The zero-order valence-electron chi connectivity index (χ0n) is 24.3. The van der Waals surface area contributed by atoms with E-state index >= 15 is 0 Å². The lowest BCUT2D eigenvalue weighted by molar-refractivity contribution is -0.227. The SMILES string of the molecule is COC1(OC)COC2C1N(C(=O)[C@H](CC(C)C)NC(=O)c1ccc(-c3csc(N4CCN(C)CC4)n3)cc1)C[C@H]2Cl. The molecule has 0 spiro atoms. The van der Waals surface area contributed by atoms with E-state index in [4.69, 9.17) is 30.8 Å². The van der Waals surface area contributed by atoms with Gasteiger partial charge < -0.3 is 34.2 Å². The van der Waals surface area contributed by atoms with Gasteiger partial charge >= 0.3 is 0 Å². The number of hydrogen-bond donors (Lipinski definition) is 1. The van der Waals surface area contributed by atoms with Crippen molar-refractivity contribution in [1.82, 2.24) is 20.1 Å². The van der Waals surface area contributed by atoms with E-state index in [1.165, 1.54) is 14.2 Å². The van der Waals surface area contributed by atoms with Crippen LogP contribution < -0.4 is 10.2 Å². The van der Waals surface area contributed by atoms with Crippen molar-refractivity contribution in [3.8, 4) is 11.3 Å². The standard InChI is InChI=1S/C29H40ClN5O5S/c1-18(2)14-22(27(37)35-15-21(30)24-25(35)29(38-4,39-5)17-40-24)31-26(36)20-8-6-19(7-9-20)23-16-41-28(32-23)34-12-10-33(3)11-13-34/h6-9,16,18,21-22,24-25H,10-15,17H2,1-5H3,(H,31,36)/t21-,22+,24?,25?/m1/s1. The van der Waals surface area contributed by atoms with Crippen LogP contribution in [0.2, 0.25) is 0 Å². The molecule has 4 atom stereocenters. The fraction of sp³-hybridized carbons (Fsp3) is 0.621. The van der Waals surface area contributed by atoms with E-state index in [0.717, 1.165) is 42.6 Å². The Morgan fingerprint density at radius 3 is 2.49 bits per heavy atom. The van der Waals surface area contributed by atoms with Crippen molar-refractivity contribution < 1.29 is 23.8 Å². The van der Waals surface area contributed by atoms with Gasteiger partial charge in [0.05, 0.1) is 11.1 Å². The molecule has 3 fully saturated rings. The Labute approximate surface area is 250 Å². The minimum Gasteiger partial charge on any atom is -0.369 e. The van der Waals surface area contributed by atoms with Gasteiger partial charge in [-0.25, -0.2) is 4.98 Å². The molecule has 5 rings (SSSR count). The molecular formula is C29H40ClN5O5S. The van der Waals surface area contributed by atoms with Gasteiger partial charge in [-0.1, -0.05) is 26.0 Å². The van der Waals surface area contributed by atoms with Gasteiger partial charge in [-0.3, -0.25) is 9.59 Å². The molecule has 0 radical (unpaired) electrons. The monoisotopic (exact) mass is 605 g/mol. The predicted molar refractivity (Wildman–Crippen MR) is 160 cm³/mol. The molecule has 3 saturated heterocycles. The number of amides is 2. The van der Waals surface area contributed by atoms with Gasteiger partial charge in [0.15, 0.2) is 5.13 Å². The van der Waals surface area contributed by atoms with Crippen molar-refractivity contribution in [2.24, 2.45) is 5.92 Å². The van der Waals surface area contributed by atoms with E-state index in [0.29, 0.717) is 12.0 Å². The smallest absolute Gasteiger partial charge is 0.251 e. The number of rotatable bonds is 9. The molecule has 3 aliphatic heterocycles. The number of carbonyl (C=O) groups excluding carboxylic acids is 2. The Hall–Kier alpha value is -2.28. The number of aromatic nitrogens is 1. The molecule has 2 unspecified atom stereocenters. The number of methoxy groups -OCH3 is 2. The number of anilines is 1. The minimum absolute atomic E-state index is 0.172. The quantitative estimate of drug-likeness (QED) is 0.344. The van der Waals surface area contributed by atoms with Crippen molar-refractivity contribution in [3.63, 3.8) is 0 Å². The molecule has 12 heteroatoms. The average Bonchev–Trinajstić information content (AvgIpc) is 3.69. The Morgan fingerprint density at radius 2 is 1.85 bits per heavy atom. The molecule has 1 aromatic heterocycles. The Kier molecular flexibility index (Phi) is 9.22. The maximum absolute atomic E-state index is 13.9. The fourth-order valence-electron chi connectivity index (χ4n) is 5.90. The van der Waals surface area contributed by atoms with Crippen LogP contribution in [0.4, 0.5) is 5.13 Å². The lowest BCUT2D eigenvalue weighted by atomic mass is 10.00. The lowest BCUT2D eigenvalue weighted by Crippen LogP contribution is -2.58. The summed E-state index contributed by atoms with van der Waals surface area (Å²) in [5.74, 6) is -1.46. The first-order valence-corrected chi connectivity index (χ1v) is 15.4. The van der Waals surface area contributed by atoms with E-state index in [-0.39, 0.29) is 30.9 Å². The molecule has 10 nitrogen and oxygen atoms in total. The van der Waals surface area contributed by atoms with Crippen LogP contribution in [-0.2, 0) is 19.0 Å². The molecule has 2 amide bonds. The predicted octanol–water partition coefficient (Wildman–Crippen LogP) is 2.91. The first-order valence-electron chi connectivity index (χ1n) is 14.1. The number of likely N-dealkylation sites (N-methyl/N-ethyl adjacent to an activating group) is 1. The van der Waals surface area contributed by atoms with Gasteiger partial charge in [0.1, 0.15) is 24.8 Å². The van der Waals surface area contributed by atoms with Crippen molar-refractivity contribution in [2.75, 3.05) is 65.5 Å². The second-order valence-corrected chi connectivity index (χ2v) is 12.9. The van der Waals surface area contributed by atoms with E-state index < -0.39 is 29.4 Å². The normalized spacial score (nSPS) is 25.0. The van der Waals surface area contributed by atoms with Gasteiger partial charge in [-0.2, -0.15) is 0 Å². The highest BCUT2D eigenvalue weighted by Crippen LogP contribution is 2.41. The van der Waals surface area contributed by atoms with Crippen LogP contribution in [-0.4, -0.2) is 117 Å². The van der Waals surface area contributed by atoms with E-state index in [9.17, 15) is 9.59 Å². The highest BCUT2D eigenvalue weighted by molar-refractivity contribution is 7.14. The number of ether oxygens (including phenoxy) is 3. The van der Waals surface area contributed by atoms with Crippen molar-refractivity contribution in [2.45, 2.75) is 49.6 Å². The zero-order chi connectivity index (χ0) is 29.3. The zero-order valence-corrected chi connectivity index (χ0v) is 25.9. The van der Waals surface area contributed by atoms with Crippen LogP contribution in [0.15, 0.2) is 29.6 Å². The molecule has 41 heavy (non-hydrogen) atoms. The van der Waals surface area contributed by atoms with Crippen LogP contribution >= 0.6 is 22.9 Å². The largest absolute Gasteiger partial charge is 0.369 e. The molecule has 0 bridgehead atoms. The van der Waals surface area contributed by atoms with Crippen LogP contribution in [0.25, 0.3) is 11.3 Å². The van der Waals surface area contributed by atoms with Crippen molar-refractivity contribution >= 4 is 39.9 Å². The maximum Gasteiger partial charge on any atom is 0.251 e. The number of nitrogens with zero attached hydrogens (tertiary/aromatic N) is 4. The third-order valence-electron chi connectivity index (χ3n) is 8.30. The van der Waals surface area contributed by atoms with Crippen molar-refractivity contribution in [3.05, 3.63) is 35.2 Å². The summed E-state index contributed by atoms with van der Waals surface area (Å²) in [6.45, 7) is 8.49. The number of hydrogen-bond acceptors (Lipinski definition) is 9. The number of nitrogens with one attached hydrogen (secondary N) is 1. The minimum atomic E-state index is -1.11. The first kappa shape index (κ1) is 30.2. The summed E-state index contributed by atoms with van der Waals surface area (Å²) in [5.41, 5.74) is 2.31. The molecule has 1 aromatic carbocycles. The molecular weight excluding hydrogens is 566 g/mol. The summed E-state index contributed by atoms with van der Waals surface area (Å²) in [5, 5.41) is 5.66. The van der Waals surface area contributed by atoms with Gasteiger partial charge in [0.2, 0.25) is 11.7 Å². The van der Waals surface area contributed by atoms with Crippen molar-refractivity contribution in [1.29, 1.82) is 0 Å². The third-order valence-corrected chi connectivity index (χ3v) is 9.58. The number of fused-ring (bicyclic) bond motifs is 1. The average molecular weight is 606 g/mol. The summed E-state index contributed by atoms with van der Waals surface area (Å²) < 4.78 is 17.3. The first-order chi connectivity index (χ1) is 19.7. The van der Waals surface area contributed by atoms with Crippen LogP contribution in [0.3, 0.4) is 0 Å². The third kappa shape index (κ3) is 6.11. The fourth-order valence-corrected chi connectivity index (χ4v) is 7.15. The second-order valence-electron chi connectivity index (χ2n) is 11.5. The van der Waals surface area contributed by atoms with Gasteiger partial charge in [0, 0.05) is 63.5 Å². The van der Waals surface area contributed by atoms with Crippen LogP contribution in [0, 0.1) is 5.92 Å². The number of halogens is 1. The van der Waals surface area contributed by atoms with Crippen LogP contribution in [0.1, 0.15) is 30.6 Å². The Balaban J connectivity index is 1.28. The second kappa shape index (κ2) is 12.5. The number of carbonyl (C=O) groups is 2. The number of alkyl halides is 1. The van der Waals surface area contributed by atoms with E-state index in [1.54, 1.807) is 28.4 Å². The Bertz CT molecular complexity index is 1210. The van der Waals surface area contributed by atoms with Gasteiger partial charge in [0.25, 0.3) is 5.91 Å². The maximum atomic E-state index is 13.9. The highest BCUT2D eigenvalue weighted by atomic mass is 35.5. The molecule has 3 aliphatic rings. The van der Waals surface area contributed by atoms with Gasteiger partial charge in [-0.05, 0) is 31.5 Å². The van der Waals surface area contributed by atoms with Crippen LogP contribution in [0.5, 0.6) is 0 Å². The highest BCUT2D eigenvalue weighted by Gasteiger charge is 2.61. The number of piperazine rings is 1. The topological polar surface area (TPSA) is 96.5 Å². The number of benzene rings is 1. The molecule has 0 saturated carbocycles. The van der Waals surface area contributed by atoms with E-state index in [2.05, 4.69) is 27.5 Å². The molecule has 224 valence electrons. The number of thiazole rings is 1.